The van der Waals surface area contributed by atoms with E-state index < -0.39 is 0 Å². The van der Waals surface area contributed by atoms with Crippen molar-refractivity contribution in [1.82, 2.24) is 10.3 Å². The molecule has 4 heteroatoms. The SMILES string of the molecule is CC(C)OCCNC(C)c1cncc(F)c1. The number of nitrogens with one attached hydrogen (secondary N) is 1. The first-order valence-electron chi connectivity index (χ1n) is 5.55. The molecule has 0 spiro atoms. The van der Waals surface area contributed by atoms with Gasteiger partial charge in [-0.2, -0.15) is 0 Å². The average Bonchev–Trinajstić information content (AvgIpc) is 2.24. The number of nitrogens with zero attached hydrogens (tertiary/aromatic N) is 1. The van der Waals surface area contributed by atoms with E-state index in [1.165, 1.54) is 12.3 Å². The van der Waals surface area contributed by atoms with E-state index in [0.29, 0.717) is 6.61 Å². The Balaban J connectivity index is 2.32. The first-order valence-corrected chi connectivity index (χ1v) is 5.55. The topological polar surface area (TPSA) is 34.1 Å². The lowest BCUT2D eigenvalue weighted by Crippen LogP contribution is -2.24. The second-order valence-electron chi connectivity index (χ2n) is 4.03. The molecule has 0 saturated heterocycles. The van der Waals surface area contributed by atoms with Crippen molar-refractivity contribution in [2.24, 2.45) is 0 Å². The predicted octanol–water partition coefficient (Wildman–Crippen LogP) is 2.30. The smallest absolute Gasteiger partial charge is 0.141 e. The summed E-state index contributed by atoms with van der Waals surface area (Å²) < 4.78 is 18.3. The Hall–Kier alpha value is -1.00. The fourth-order valence-electron chi connectivity index (χ4n) is 1.35. The highest BCUT2D eigenvalue weighted by molar-refractivity contribution is 5.14. The number of hydrogen-bond acceptors (Lipinski definition) is 3. The molecule has 0 aliphatic rings. The van der Waals surface area contributed by atoms with Crippen molar-refractivity contribution in [2.45, 2.75) is 32.9 Å². The summed E-state index contributed by atoms with van der Waals surface area (Å²) in [6, 6.07) is 1.58. The van der Waals surface area contributed by atoms with Gasteiger partial charge in [-0.05, 0) is 32.4 Å². The zero-order chi connectivity index (χ0) is 12.0. The van der Waals surface area contributed by atoms with Gasteiger partial charge in [-0.3, -0.25) is 4.98 Å². The van der Waals surface area contributed by atoms with Gasteiger partial charge >= 0.3 is 0 Å². The number of pyridine rings is 1. The Morgan fingerprint density at radius 3 is 2.75 bits per heavy atom. The molecule has 0 saturated carbocycles. The minimum absolute atomic E-state index is 0.0824. The standard InChI is InChI=1S/C12H19FN2O/c1-9(2)16-5-4-15-10(3)11-6-12(13)8-14-7-11/h6-10,15H,4-5H2,1-3H3. The zero-order valence-corrected chi connectivity index (χ0v) is 10.0. The molecule has 1 aromatic heterocycles. The summed E-state index contributed by atoms with van der Waals surface area (Å²) in [6.07, 6.45) is 3.12. The normalized spacial score (nSPS) is 13.1. The third-order valence-electron chi connectivity index (χ3n) is 2.23. The molecular formula is C12H19FN2O. The van der Waals surface area contributed by atoms with Crippen LogP contribution >= 0.6 is 0 Å². The van der Waals surface area contributed by atoms with Gasteiger partial charge in [-0.15, -0.1) is 0 Å². The number of rotatable bonds is 6. The van der Waals surface area contributed by atoms with Crippen molar-refractivity contribution in [3.8, 4) is 0 Å². The van der Waals surface area contributed by atoms with Crippen LogP contribution in [0, 0.1) is 5.82 Å². The fraction of sp³-hybridized carbons (Fsp3) is 0.583. The Kier molecular flexibility index (Phi) is 5.35. The van der Waals surface area contributed by atoms with Gasteiger partial charge in [0.1, 0.15) is 5.82 Å². The molecule has 0 aliphatic carbocycles. The summed E-state index contributed by atoms with van der Waals surface area (Å²) in [4.78, 5) is 3.82. The largest absolute Gasteiger partial charge is 0.377 e. The quantitative estimate of drug-likeness (QED) is 0.756. The van der Waals surface area contributed by atoms with Crippen molar-refractivity contribution < 1.29 is 9.13 Å². The minimum atomic E-state index is -0.301. The molecule has 0 aromatic carbocycles. The van der Waals surface area contributed by atoms with Gasteiger partial charge in [0.05, 0.1) is 18.9 Å². The van der Waals surface area contributed by atoms with Crippen molar-refractivity contribution in [2.75, 3.05) is 13.2 Å². The van der Waals surface area contributed by atoms with Crippen LogP contribution in [0.2, 0.25) is 0 Å². The van der Waals surface area contributed by atoms with Crippen LogP contribution in [0.3, 0.4) is 0 Å². The number of halogens is 1. The number of hydrogen-bond donors (Lipinski definition) is 1. The zero-order valence-electron chi connectivity index (χ0n) is 10.0. The second kappa shape index (κ2) is 6.55. The third kappa shape index (κ3) is 4.68. The van der Waals surface area contributed by atoms with Gasteiger partial charge < -0.3 is 10.1 Å². The second-order valence-corrected chi connectivity index (χ2v) is 4.03. The molecule has 16 heavy (non-hydrogen) atoms. The molecule has 3 nitrogen and oxygen atoms in total. The summed E-state index contributed by atoms with van der Waals surface area (Å²) in [5.41, 5.74) is 0.851. The molecule has 0 fully saturated rings. The molecule has 0 bridgehead atoms. The molecular weight excluding hydrogens is 207 g/mol. The lowest BCUT2D eigenvalue weighted by atomic mass is 10.1. The molecule has 1 N–H and O–H groups in total. The van der Waals surface area contributed by atoms with E-state index in [0.717, 1.165) is 12.1 Å². The lowest BCUT2D eigenvalue weighted by molar-refractivity contribution is 0.0796. The van der Waals surface area contributed by atoms with E-state index >= 15 is 0 Å². The van der Waals surface area contributed by atoms with Gasteiger partial charge in [0.25, 0.3) is 0 Å². The van der Waals surface area contributed by atoms with Crippen molar-refractivity contribution in [3.63, 3.8) is 0 Å². The lowest BCUT2D eigenvalue weighted by Gasteiger charge is -2.14. The molecule has 1 heterocycles. The molecule has 1 atom stereocenters. The van der Waals surface area contributed by atoms with Crippen molar-refractivity contribution >= 4 is 0 Å². The summed E-state index contributed by atoms with van der Waals surface area (Å²) >= 11 is 0. The van der Waals surface area contributed by atoms with Crippen LogP contribution in [0.25, 0.3) is 0 Å². The summed E-state index contributed by atoms with van der Waals surface area (Å²) in [7, 11) is 0. The van der Waals surface area contributed by atoms with E-state index in [2.05, 4.69) is 10.3 Å². The number of ether oxygens (including phenoxy) is 1. The van der Waals surface area contributed by atoms with E-state index in [-0.39, 0.29) is 18.0 Å². The highest BCUT2D eigenvalue weighted by Crippen LogP contribution is 2.11. The summed E-state index contributed by atoms with van der Waals surface area (Å²) in [6.45, 7) is 7.38. The van der Waals surface area contributed by atoms with Crippen LogP contribution in [0.15, 0.2) is 18.5 Å². The molecule has 1 aromatic rings. The van der Waals surface area contributed by atoms with Crippen LogP contribution < -0.4 is 5.32 Å². The number of aromatic nitrogens is 1. The van der Waals surface area contributed by atoms with Gasteiger partial charge in [0.15, 0.2) is 0 Å². The van der Waals surface area contributed by atoms with Crippen molar-refractivity contribution in [3.05, 3.63) is 29.8 Å². The van der Waals surface area contributed by atoms with E-state index in [9.17, 15) is 4.39 Å². The van der Waals surface area contributed by atoms with Crippen LogP contribution in [-0.2, 0) is 4.74 Å². The summed E-state index contributed by atoms with van der Waals surface area (Å²) in [5, 5.41) is 3.25. The van der Waals surface area contributed by atoms with E-state index in [1.54, 1.807) is 6.20 Å². The fourth-order valence-corrected chi connectivity index (χ4v) is 1.35. The van der Waals surface area contributed by atoms with Crippen LogP contribution in [-0.4, -0.2) is 24.2 Å². The molecule has 1 unspecified atom stereocenters. The van der Waals surface area contributed by atoms with E-state index in [4.69, 9.17) is 4.74 Å². The minimum Gasteiger partial charge on any atom is -0.377 e. The Bertz CT molecular complexity index is 318. The summed E-state index contributed by atoms with van der Waals surface area (Å²) in [5.74, 6) is -0.301. The predicted molar refractivity (Wildman–Crippen MR) is 61.7 cm³/mol. The van der Waals surface area contributed by atoms with E-state index in [1.807, 2.05) is 20.8 Å². The molecule has 0 amide bonds. The van der Waals surface area contributed by atoms with Gasteiger partial charge in [0, 0.05) is 18.8 Å². The maximum atomic E-state index is 12.9. The third-order valence-corrected chi connectivity index (χ3v) is 2.23. The van der Waals surface area contributed by atoms with Crippen LogP contribution in [0.1, 0.15) is 32.4 Å². The monoisotopic (exact) mass is 226 g/mol. The molecule has 0 aliphatic heterocycles. The van der Waals surface area contributed by atoms with Crippen molar-refractivity contribution in [1.29, 1.82) is 0 Å². The highest BCUT2D eigenvalue weighted by Gasteiger charge is 2.05. The van der Waals surface area contributed by atoms with Gasteiger partial charge in [-0.25, -0.2) is 4.39 Å². The first kappa shape index (κ1) is 13.1. The molecule has 1 rings (SSSR count). The molecule has 0 radical (unpaired) electrons. The molecule has 90 valence electrons. The van der Waals surface area contributed by atoms with Gasteiger partial charge in [-0.1, -0.05) is 0 Å². The van der Waals surface area contributed by atoms with Gasteiger partial charge in [0.2, 0.25) is 0 Å². The maximum absolute atomic E-state index is 12.9. The Labute approximate surface area is 96.0 Å². The Morgan fingerprint density at radius 1 is 1.38 bits per heavy atom. The first-order chi connectivity index (χ1) is 7.59. The average molecular weight is 226 g/mol. The van der Waals surface area contributed by atoms with Crippen LogP contribution in [0.5, 0.6) is 0 Å². The van der Waals surface area contributed by atoms with Crippen LogP contribution in [0.4, 0.5) is 4.39 Å². The highest BCUT2D eigenvalue weighted by atomic mass is 19.1. The maximum Gasteiger partial charge on any atom is 0.141 e. The Morgan fingerprint density at radius 2 is 2.12 bits per heavy atom.